The fourth-order valence-corrected chi connectivity index (χ4v) is 0.426. The van der Waals surface area contributed by atoms with E-state index >= 15 is 0 Å². The van der Waals surface area contributed by atoms with Crippen LogP contribution in [0.25, 0.3) is 0 Å². The molecule has 0 aliphatic heterocycles. The van der Waals surface area contributed by atoms with E-state index in [4.69, 9.17) is 10.5 Å². The summed E-state index contributed by atoms with van der Waals surface area (Å²) in [6.07, 6.45) is 2.94. The zero-order valence-electron chi connectivity index (χ0n) is 6.33. The first-order chi connectivity index (χ1) is 4.27. The molecule has 0 fully saturated rings. The van der Waals surface area contributed by atoms with Crippen molar-refractivity contribution in [2.75, 3.05) is 0 Å². The van der Waals surface area contributed by atoms with Gasteiger partial charge in [0, 0.05) is 6.42 Å². The molecule has 0 unspecified atom stereocenters. The van der Waals surface area contributed by atoms with Crippen molar-refractivity contribution in [2.45, 2.75) is 33.1 Å². The largest absolute Gasteiger partial charge is 0.300 e. The fourth-order valence-electron chi connectivity index (χ4n) is 0.426. The number of unbranched alkanes of at least 4 members (excludes halogenated alkanes) is 1. The molecule has 0 aliphatic rings. The van der Waals surface area contributed by atoms with Crippen molar-refractivity contribution in [3.05, 3.63) is 0 Å². The predicted molar refractivity (Wildman–Crippen MR) is 42.7 cm³/mol. The minimum Gasteiger partial charge on any atom is -0.300 e. The Bertz CT molecular complexity index is 66.0. The number of carbonyl (C=O) groups excluding carboxylic acids is 1. The Morgan fingerprint density at radius 3 is 1.90 bits per heavy atom. The number of rotatable bonds is 3. The first-order valence-electron chi connectivity index (χ1n) is 2.96. The number of Topliss-reactive ketones (excluding diaryl/α,β-unsaturated/α-hetero) is 1. The molecule has 0 amide bonds. The molecule has 64 valence electrons. The Hall–Kier alpha value is -0.120. The van der Waals surface area contributed by atoms with Gasteiger partial charge in [0.2, 0.25) is 0 Å². The monoisotopic (exact) mass is 170 g/mol. The van der Waals surface area contributed by atoms with Crippen LogP contribution in [-0.2, 0) is 4.79 Å². The van der Waals surface area contributed by atoms with Crippen molar-refractivity contribution < 1.29 is 15.3 Å². The molecule has 0 saturated heterocycles. The van der Waals surface area contributed by atoms with Crippen molar-refractivity contribution in [3.63, 3.8) is 0 Å². The fraction of sp³-hybridized carbons (Fsp3) is 0.833. The highest BCUT2D eigenvalue weighted by Crippen LogP contribution is 1.92. The average molecular weight is 171 g/mol. The summed E-state index contributed by atoms with van der Waals surface area (Å²) in [4.78, 5) is 10.2. The van der Waals surface area contributed by atoms with Crippen LogP contribution in [0, 0.1) is 0 Å². The highest BCUT2D eigenvalue weighted by molar-refractivity contribution is 5.85. The standard InChI is InChI=1S/C6H12O.ClH.H2O2/c1-3-4-5-6(2)7;;1-2/h3-5H2,1-2H3;1H;1-2H. The molecule has 2 N–H and O–H groups in total. The molecular weight excluding hydrogens is 156 g/mol. The number of carbonyl (C=O) groups is 1. The van der Waals surface area contributed by atoms with E-state index in [2.05, 4.69) is 6.92 Å². The second-order valence-electron chi connectivity index (χ2n) is 1.81. The van der Waals surface area contributed by atoms with Crippen molar-refractivity contribution >= 4 is 18.2 Å². The van der Waals surface area contributed by atoms with Crippen molar-refractivity contribution in [1.82, 2.24) is 0 Å². The lowest BCUT2D eigenvalue weighted by molar-refractivity contribution is -0.176. The van der Waals surface area contributed by atoms with Gasteiger partial charge in [0.1, 0.15) is 5.78 Å². The molecule has 3 nitrogen and oxygen atoms in total. The Balaban J connectivity index is -0.000000149. The maximum atomic E-state index is 10.2. The Morgan fingerprint density at radius 1 is 1.40 bits per heavy atom. The first kappa shape index (κ1) is 16.5. The molecule has 0 bridgehead atoms. The topological polar surface area (TPSA) is 57.5 Å². The van der Waals surface area contributed by atoms with Crippen molar-refractivity contribution in [3.8, 4) is 0 Å². The van der Waals surface area contributed by atoms with Gasteiger partial charge in [0.05, 0.1) is 0 Å². The predicted octanol–water partition coefficient (Wildman–Crippen LogP) is 2.20. The van der Waals surface area contributed by atoms with Gasteiger partial charge in [-0.1, -0.05) is 13.3 Å². The Morgan fingerprint density at radius 2 is 1.80 bits per heavy atom. The normalized spacial score (nSPS) is 6.80. The zero-order chi connectivity index (χ0) is 7.70. The summed E-state index contributed by atoms with van der Waals surface area (Å²) in [5, 5.41) is 12.0. The molecule has 10 heavy (non-hydrogen) atoms. The summed E-state index contributed by atoms with van der Waals surface area (Å²) in [5.41, 5.74) is 0. The zero-order valence-corrected chi connectivity index (χ0v) is 7.15. The molecule has 0 aliphatic carbocycles. The van der Waals surface area contributed by atoms with E-state index in [9.17, 15) is 4.79 Å². The summed E-state index contributed by atoms with van der Waals surface area (Å²) in [7, 11) is 0. The van der Waals surface area contributed by atoms with Crippen LogP contribution in [0.5, 0.6) is 0 Å². The van der Waals surface area contributed by atoms with Crippen LogP contribution in [0.2, 0.25) is 0 Å². The van der Waals surface area contributed by atoms with E-state index < -0.39 is 0 Å². The third-order valence-electron chi connectivity index (χ3n) is 0.882. The van der Waals surface area contributed by atoms with Gasteiger partial charge in [0.25, 0.3) is 0 Å². The second kappa shape index (κ2) is 15.9. The molecule has 4 heteroatoms. The number of halogens is 1. The second-order valence-corrected chi connectivity index (χ2v) is 1.81. The van der Waals surface area contributed by atoms with E-state index in [-0.39, 0.29) is 12.4 Å². The quantitative estimate of drug-likeness (QED) is 0.504. The van der Waals surface area contributed by atoms with E-state index in [1.165, 1.54) is 0 Å². The van der Waals surface area contributed by atoms with Gasteiger partial charge >= 0.3 is 0 Å². The maximum Gasteiger partial charge on any atom is 0.129 e. The Kier molecular flexibility index (Phi) is 26.2. The van der Waals surface area contributed by atoms with Crippen LogP contribution in [0.15, 0.2) is 0 Å². The van der Waals surface area contributed by atoms with E-state index in [0.717, 1.165) is 19.3 Å². The highest BCUT2D eigenvalue weighted by Gasteiger charge is 1.87. The van der Waals surface area contributed by atoms with Gasteiger partial charge in [-0.05, 0) is 13.3 Å². The lowest BCUT2D eigenvalue weighted by Gasteiger charge is -1.86. The molecule has 0 heterocycles. The van der Waals surface area contributed by atoms with Gasteiger partial charge in [-0.2, -0.15) is 0 Å². The highest BCUT2D eigenvalue weighted by atomic mass is 35.5. The molecular formula is C6H15ClO3. The SMILES string of the molecule is CCCCC(C)=O.Cl.OO. The minimum absolute atomic E-state index is 0. The lowest BCUT2D eigenvalue weighted by Crippen LogP contribution is -1.86. The smallest absolute Gasteiger partial charge is 0.129 e. The third-order valence-corrected chi connectivity index (χ3v) is 0.882. The molecule has 0 spiro atoms. The van der Waals surface area contributed by atoms with Crippen LogP contribution >= 0.6 is 12.4 Å². The van der Waals surface area contributed by atoms with Gasteiger partial charge in [0.15, 0.2) is 0 Å². The molecule has 0 radical (unpaired) electrons. The van der Waals surface area contributed by atoms with Gasteiger partial charge in [-0.15, -0.1) is 12.4 Å². The lowest BCUT2D eigenvalue weighted by atomic mass is 10.2. The third kappa shape index (κ3) is 24.8. The Labute approximate surface area is 67.4 Å². The van der Waals surface area contributed by atoms with E-state index in [1.807, 2.05) is 0 Å². The molecule has 0 aromatic rings. The number of ketones is 1. The van der Waals surface area contributed by atoms with Gasteiger partial charge < -0.3 is 4.79 Å². The van der Waals surface area contributed by atoms with Crippen LogP contribution in [0.1, 0.15) is 33.1 Å². The van der Waals surface area contributed by atoms with Crippen molar-refractivity contribution in [1.29, 1.82) is 0 Å². The molecule has 0 aromatic carbocycles. The van der Waals surface area contributed by atoms with Crippen LogP contribution in [0.4, 0.5) is 0 Å². The van der Waals surface area contributed by atoms with Crippen LogP contribution in [-0.4, -0.2) is 16.3 Å². The molecule has 0 rings (SSSR count). The minimum atomic E-state index is 0. The molecule has 0 atom stereocenters. The van der Waals surface area contributed by atoms with Crippen molar-refractivity contribution in [2.24, 2.45) is 0 Å². The molecule has 0 saturated carbocycles. The summed E-state index contributed by atoms with van der Waals surface area (Å²) < 4.78 is 0. The van der Waals surface area contributed by atoms with Gasteiger partial charge in [-0.3, -0.25) is 10.5 Å². The van der Waals surface area contributed by atoms with Crippen LogP contribution in [0.3, 0.4) is 0 Å². The van der Waals surface area contributed by atoms with Crippen LogP contribution < -0.4 is 0 Å². The average Bonchev–Trinajstić information content (AvgIpc) is 1.88. The summed E-state index contributed by atoms with van der Waals surface area (Å²) in [6, 6.07) is 0. The molecule has 0 aromatic heterocycles. The summed E-state index contributed by atoms with van der Waals surface area (Å²) >= 11 is 0. The summed E-state index contributed by atoms with van der Waals surface area (Å²) in [6.45, 7) is 3.72. The summed E-state index contributed by atoms with van der Waals surface area (Å²) in [5.74, 6) is 0.307. The number of hydrogen-bond donors (Lipinski definition) is 2. The number of hydrogen-bond acceptors (Lipinski definition) is 3. The first-order valence-corrected chi connectivity index (χ1v) is 2.96. The van der Waals surface area contributed by atoms with E-state index in [1.54, 1.807) is 6.92 Å². The van der Waals surface area contributed by atoms with E-state index in [0.29, 0.717) is 5.78 Å². The van der Waals surface area contributed by atoms with Gasteiger partial charge in [-0.25, -0.2) is 0 Å². The maximum absolute atomic E-state index is 10.2.